The average molecular weight is 373 g/mol. The molecule has 7 heteroatoms. The van der Waals surface area contributed by atoms with Gasteiger partial charge in [0.25, 0.3) is 0 Å². The van der Waals surface area contributed by atoms with Crippen LogP contribution in [-0.4, -0.2) is 66.9 Å². The number of likely N-dealkylation sites (tertiary alicyclic amines) is 1. The fraction of sp³-hybridized carbons (Fsp3) is 0.550. The second-order valence-corrected chi connectivity index (χ2v) is 6.97. The molecule has 0 aliphatic carbocycles. The highest BCUT2D eigenvalue weighted by atomic mass is 16.5. The number of morpholine rings is 1. The van der Waals surface area contributed by atoms with Crippen molar-refractivity contribution in [1.29, 1.82) is 0 Å². The zero-order valence-corrected chi connectivity index (χ0v) is 15.6. The fourth-order valence-corrected chi connectivity index (χ4v) is 3.50. The lowest BCUT2D eigenvalue weighted by Crippen LogP contribution is -2.41. The number of ether oxygens (including phenoxy) is 1. The maximum absolute atomic E-state index is 12.5. The molecule has 2 aliphatic heterocycles. The van der Waals surface area contributed by atoms with Crippen LogP contribution in [0.15, 0.2) is 30.3 Å². The number of hydrogen-bond donors (Lipinski definition) is 1. The molecular formula is C20H27N3O4. The molecule has 0 aromatic heterocycles. The molecule has 0 saturated carbocycles. The maximum Gasteiger partial charge on any atom is 0.223 e. The zero-order chi connectivity index (χ0) is 19.1. The van der Waals surface area contributed by atoms with Gasteiger partial charge < -0.3 is 19.9 Å². The molecule has 0 radical (unpaired) electrons. The van der Waals surface area contributed by atoms with Crippen LogP contribution >= 0.6 is 0 Å². The summed E-state index contributed by atoms with van der Waals surface area (Å²) in [7, 11) is 0. The number of hydrogen-bond acceptors (Lipinski definition) is 4. The molecule has 0 bridgehead atoms. The molecule has 2 heterocycles. The predicted molar refractivity (Wildman–Crippen MR) is 99.8 cm³/mol. The van der Waals surface area contributed by atoms with Gasteiger partial charge >= 0.3 is 0 Å². The molecule has 1 atom stereocenters. The molecule has 1 aromatic carbocycles. The summed E-state index contributed by atoms with van der Waals surface area (Å²) in [6.45, 7) is 3.48. The van der Waals surface area contributed by atoms with Gasteiger partial charge in [0.1, 0.15) is 0 Å². The number of rotatable bonds is 7. The molecule has 1 unspecified atom stereocenters. The zero-order valence-electron chi connectivity index (χ0n) is 15.6. The number of benzene rings is 1. The van der Waals surface area contributed by atoms with Crippen molar-refractivity contribution in [3.63, 3.8) is 0 Å². The van der Waals surface area contributed by atoms with Crippen molar-refractivity contribution >= 4 is 17.7 Å². The van der Waals surface area contributed by atoms with Crippen LogP contribution in [0.2, 0.25) is 0 Å². The van der Waals surface area contributed by atoms with Crippen molar-refractivity contribution in [2.45, 2.75) is 31.7 Å². The Morgan fingerprint density at radius 2 is 1.81 bits per heavy atom. The Bertz CT molecular complexity index is 658. The van der Waals surface area contributed by atoms with E-state index in [-0.39, 0.29) is 36.6 Å². The lowest BCUT2D eigenvalue weighted by molar-refractivity contribution is -0.137. The van der Waals surface area contributed by atoms with E-state index in [0.29, 0.717) is 39.3 Å². The topological polar surface area (TPSA) is 79.0 Å². The van der Waals surface area contributed by atoms with Crippen molar-refractivity contribution in [1.82, 2.24) is 15.1 Å². The van der Waals surface area contributed by atoms with Gasteiger partial charge in [0.15, 0.2) is 0 Å². The van der Waals surface area contributed by atoms with Crippen molar-refractivity contribution in [3.05, 3.63) is 35.9 Å². The Kier molecular flexibility index (Phi) is 6.81. The lowest BCUT2D eigenvalue weighted by Gasteiger charge is -2.27. The minimum Gasteiger partial charge on any atom is -0.378 e. The predicted octanol–water partition coefficient (Wildman–Crippen LogP) is 1.11. The van der Waals surface area contributed by atoms with E-state index in [1.165, 1.54) is 0 Å². The maximum atomic E-state index is 12.5. The minimum atomic E-state index is -0.265. The largest absolute Gasteiger partial charge is 0.378 e. The molecule has 1 aromatic rings. The van der Waals surface area contributed by atoms with E-state index in [1.54, 1.807) is 9.80 Å². The molecule has 3 amide bonds. The van der Waals surface area contributed by atoms with Gasteiger partial charge in [0.2, 0.25) is 17.7 Å². The first-order valence-corrected chi connectivity index (χ1v) is 9.61. The average Bonchev–Trinajstić information content (AvgIpc) is 3.11. The number of nitrogens with one attached hydrogen (secondary N) is 1. The van der Waals surface area contributed by atoms with E-state index in [4.69, 9.17) is 4.74 Å². The van der Waals surface area contributed by atoms with Crippen LogP contribution in [-0.2, 0) is 19.1 Å². The molecule has 0 spiro atoms. The van der Waals surface area contributed by atoms with Gasteiger partial charge in [-0.2, -0.15) is 0 Å². The third kappa shape index (κ3) is 5.53. The minimum absolute atomic E-state index is 0.0144. The Labute approximate surface area is 159 Å². The molecule has 2 saturated heterocycles. The van der Waals surface area contributed by atoms with E-state index < -0.39 is 0 Å². The van der Waals surface area contributed by atoms with E-state index in [2.05, 4.69) is 5.32 Å². The van der Waals surface area contributed by atoms with E-state index in [1.807, 2.05) is 30.3 Å². The summed E-state index contributed by atoms with van der Waals surface area (Å²) in [5, 5.41) is 3.01. The van der Waals surface area contributed by atoms with Gasteiger partial charge in [0.05, 0.1) is 19.3 Å². The third-order valence-electron chi connectivity index (χ3n) is 5.04. The molecule has 2 aliphatic rings. The van der Waals surface area contributed by atoms with Gasteiger partial charge in [-0.05, 0) is 12.0 Å². The SMILES string of the molecule is O=C(CCC(=O)N1CCOCC1)NC(CN1CCCC1=O)c1ccccc1. The molecule has 2 fully saturated rings. The number of carbonyl (C=O) groups is 3. The van der Waals surface area contributed by atoms with Gasteiger partial charge in [-0.25, -0.2) is 0 Å². The van der Waals surface area contributed by atoms with Crippen molar-refractivity contribution in [2.75, 3.05) is 39.4 Å². The van der Waals surface area contributed by atoms with Crippen molar-refractivity contribution in [2.24, 2.45) is 0 Å². The monoisotopic (exact) mass is 373 g/mol. The Balaban J connectivity index is 1.55. The first-order valence-electron chi connectivity index (χ1n) is 9.61. The summed E-state index contributed by atoms with van der Waals surface area (Å²) in [5.74, 6) is -0.0517. The summed E-state index contributed by atoms with van der Waals surface area (Å²) >= 11 is 0. The van der Waals surface area contributed by atoms with Gasteiger partial charge in [-0.1, -0.05) is 30.3 Å². The van der Waals surface area contributed by atoms with E-state index >= 15 is 0 Å². The van der Waals surface area contributed by atoms with Crippen molar-refractivity contribution in [3.8, 4) is 0 Å². The second-order valence-electron chi connectivity index (χ2n) is 6.97. The Hall–Kier alpha value is -2.41. The van der Waals surface area contributed by atoms with Crippen LogP contribution in [0.5, 0.6) is 0 Å². The molecule has 146 valence electrons. The van der Waals surface area contributed by atoms with Crippen LogP contribution in [0.4, 0.5) is 0 Å². The van der Waals surface area contributed by atoms with Crippen LogP contribution in [0, 0.1) is 0 Å². The highest BCUT2D eigenvalue weighted by molar-refractivity contribution is 5.84. The van der Waals surface area contributed by atoms with E-state index in [0.717, 1.165) is 18.5 Å². The molecular weight excluding hydrogens is 346 g/mol. The van der Waals surface area contributed by atoms with E-state index in [9.17, 15) is 14.4 Å². The molecule has 27 heavy (non-hydrogen) atoms. The summed E-state index contributed by atoms with van der Waals surface area (Å²) in [6, 6.07) is 9.39. The van der Waals surface area contributed by atoms with Gasteiger partial charge in [-0.3, -0.25) is 14.4 Å². The molecule has 3 rings (SSSR count). The third-order valence-corrected chi connectivity index (χ3v) is 5.04. The lowest BCUT2D eigenvalue weighted by atomic mass is 10.1. The first kappa shape index (κ1) is 19.4. The quantitative estimate of drug-likeness (QED) is 0.776. The highest BCUT2D eigenvalue weighted by Gasteiger charge is 2.25. The van der Waals surface area contributed by atoms with Crippen molar-refractivity contribution < 1.29 is 19.1 Å². The smallest absolute Gasteiger partial charge is 0.223 e. The van der Waals surface area contributed by atoms with Crippen LogP contribution in [0.1, 0.15) is 37.3 Å². The van der Waals surface area contributed by atoms with Gasteiger partial charge in [0, 0.05) is 45.4 Å². The van der Waals surface area contributed by atoms with Gasteiger partial charge in [-0.15, -0.1) is 0 Å². The second kappa shape index (κ2) is 9.50. The molecule has 7 nitrogen and oxygen atoms in total. The van der Waals surface area contributed by atoms with Crippen LogP contribution in [0.3, 0.4) is 0 Å². The Morgan fingerprint density at radius 1 is 1.07 bits per heavy atom. The summed E-state index contributed by atoms with van der Waals surface area (Å²) in [6.07, 6.45) is 1.77. The fourth-order valence-electron chi connectivity index (χ4n) is 3.50. The number of carbonyl (C=O) groups excluding carboxylic acids is 3. The summed E-state index contributed by atoms with van der Waals surface area (Å²) in [5.41, 5.74) is 0.963. The standard InChI is InChI=1S/C20H27N3O4/c24-18(8-9-20(26)22-11-13-27-14-12-22)21-17(16-5-2-1-3-6-16)15-23-10-4-7-19(23)25/h1-3,5-6,17H,4,7-15H2,(H,21,24). The first-order chi connectivity index (χ1) is 13.1. The van der Waals surface area contributed by atoms with Crippen LogP contribution in [0.25, 0.3) is 0 Å². The molecule has 1 N–H and O–H groups in total. The van der Waals surface area contributed by atoms with Crippen LogP contribution < -0.4 is 5.32 Å². The Morgan fingerprint density at radius 3 is 2.48 bits per heavy atom. The summed E-state index contributed by atoms with van der Waals surface area (Å²) < 4.78 is 5.24. The normalized spacial score (nSPS) is 18.4. The highest BCUT2D eigenvalue weighted by Crippen LogP contribution is 2.19. The summed E-state index contributed by atoms with van der Waals surface area (Å²) in [4.78, 5) is 40.2. The number of nitrogens with zero attached hydrogens (tertiary/aromatic N) is 2. The number of amides is 3.